The fourth-order valence-corrected chi connectivity index (χ4v) is 2.02. The lowest BCUT2D eigenvalue weighted by atomic mass is 10.1. The van der Waals surface area contributed by atoms with Crippen LogP contribution < -0.4 is 10.2 Å². The average molecular weight is 277 g/mol. The van der Waals surface area contributed by atoms with Gasteiger partial charge in [0.1, 0.15) is 0 Å². The Labute approximate surface area is 117 Å². The lowest BCUT2D eigenvalue weighted by molar-refractivity contribution is 0.573. The van der Waals surface area contributed by atoms with Gasteiger partial charge in [0.25, 0.3) is 0 Å². The summed E-state index contributed by atoms with van der Waals surface area (Å²) in [6, 6.07) is 8.71. The molecule has 5 heteroatoms. The Morgan fingerprint density at radius 1 is 1.20 bits per heavy atom. The highest BCUT2D eigenvalue weighted by atomic mass is 19.1. The van der Waals surface area contributed by atoms with Crippen LogP contribution in [0.5, 0.6) is 0 Å². The molecule has 0 aliphatic carbocycles. The molecule has 1 heterocycles. The van der Waals surface area contributed by atoms with Crippen molar-refractivity contribution in [3.05, 3.63) is 53.1 Å². The number of pyridine rings is 1. The minimum absolute atomic E-state index is 0.0398. The van der Waals surface area contributed by atoms with E-state index in [1.165, 1.54) is 0 Å². The average Bonchev–Trinajstić information content (AvgIpc) is 2.41. The van der Waals surface area contributed by atoms with Gasteiger partial charge in [-0.15, -0.1) is 0 Å². The highest BCUT2D eigenvalue weighted by Gasteiger charge is 2.15. The Hall–Kier alpha value is -2.17. The van der Waals surface area contributed by atoms with E-state index in [1.807, 2.05) is 31.2 Å². The standard InChI is InChI=1S/C15H17F2N3/c1-10-6-4-5-7-11(10)9-20(3)15-13(17)8-12(16)14(18-2)19-15/h4-8H,9H2,1-3H3,(H,18,19). The van der Waals surface area contributed by atoms with Crippen molar-refractivity contribution in [3.63, 3.8) is 0 Å². The molecule has 0 amide bonds. The zero-order valence-corrected chi connectivity index (χ0v) is 11.7. The van der Waals surface area contributed by atoms with Crippen molar-refractivity contribution >= 4 is 11.6 Å². The van der Waals surface area contributed by atoms with Crippen LogP contribution in [0.2, 0.25) is 0 Å². The second-order valence-corrected chi connectivity index (χ2v) is 4.66. The molecule has 2 rings (SSSR count). The second kappa shape index (κ2) is 5.86. The molecule has 0 saturated carbocycles. The molecule has 0 fully saturated rings. The molecule has 0 saturated heterocycles. The third-order valence-electron chi connectivity index (χ3n) is 3.18. The van der Waals surface area contributed by atoms with Crippen molar-refractivity contribution in [1.82, 2.24) is 4.98 Å². The summed E-state index contributed by atoms with van der Waals surface area (Å²) >= 11 is 0. The van der Waals surface area contributed by atoms with E-state index in [9.17, 15) is 8.78 Å². The third kappa shape index (κ3) is 2.87. The van der Waals surface area contributed by atoms with Gasteiger partial charge in [-0.2, -0.15) is 0 Å². The van der Waals surface area contributed by atoms with Gasteiger partial charge in [-0.3, -0.25) is 0 Å². The topological polar surface area (TPSA) is 28.2 Å². The molecule has 0 radical (unpaired) electrons. The fraction of sp³-hybridized carbons (Fsp3) is 0.267. The van der Waals surface area contributed by atoms with E-state index in [-0.39, 0.29) is 11.6 Å². The summed E-state index contributed by atoms with van der Waals surface area (Å²) in [6.07, 6.45) is 0. The Morgan fingerprint density at radius 2 is 1.90 bits per heavy atom. The van der Waals surface area contributed by atoms with Gasteiger partial charge in [-0.05, 0) is 18.1 Å². The SMILES string of the molecule is CNc1nc(N(C)Cc2ccccc2C)c(F)cc1F. The van der Waals surface area contributed by atoms with Gasteiger partial charge in [0.05, 0.1) is 0 Å². The van der Waals surface area contributed by atoms with Gasteiger partial charge in [0.15, 0.2) is 23.3 Å². The minimum Gasteiger partial charge on any atom is -0.371 e. The molecule has 0 bridgehead atoms. The third-order valence-corrected chi connectivity index (χ3v) is 3.18. The summed E-state index contributed by atoms with van der Waals surface area (Å²) in [6.45, 7) is 2.50. The van der Waals surface area contributed by atoms with Gasteiger partial charge < -0.3 is 10.2 Å². The molecular formula is C15H17F2N3. The lowest BCUT2D eigenvalue weighted by Crippen LogP contribution is -2.20. The molecule has 0 aliphatic rings. The number of hydrogen-bond acceptors (Lipinski definition) is 3. The van der Waals surface area contributed by atoms with E-state index in [0.29, 0.717) is 6.54 Å². The summed E-state index contributed by atoms with van der Waals surface area (Å²) in [5.74, 6) is -1.20. The van der Waals surface area contributed by atoms with Gasteiger partial charge >= 0.3 is 0 Å². The van der Waals surface area contributed by atoms with Crippen molar-refractivity contribution in [2.75, 3.05) is 24.3 Å². The number of rotatable bonds is 4. The monoisotopic (exact) mass is 277 g/mol. The number of aromatic nitrogens is 1. The van der Waals surface area contributed by atoms with Crippen molar-refractivity contribution in [1.29, 1.82) is 0 Å². The molecule has 1 aromatic carbocycles. The normalized spacial score (nSPS) is 10.4. The highest BCUT2D eigenvalue weighted by Crippen LogP contribution is 2.23. The number of aryl methyl sites for hydroxylation is 1. The van der Waals surface area contributed by atoms with Crippen LogP contribution in [0.15, 0.2) is 30.3 Å². The summed E-state index contributed by atoms with van der Waals surface area (Å²) in [5.41, 5.74) is 2.20. The number of hydrogen-bond donors (Lipinski definition) is 1. The first kappa shape index (κ1) is 14.2. The number of halogens is 2. The van der Waals surface area contributed by atoms with Gasteiger partial charge in [0, 0.05) is 26.7 Å². The highest BCUT2D eigenvalue weighted by molar-refractivity contribution is 5.49. The molecule has 0 aliphatic heterocycles. The van der Waals surface area contributed by atoms with Crippen molar-refractivity contribution in [2.24, 2.45) is 0 Å². The minimum atomic E-state index is -0.696. The predicted molar refractivity (Wildman–Crippen MR) is 77.0 cm³/mol. The smallest absolute Gasteiger partial charge is 0.168 e. The second-order valence-electron chi connectivity index (χ2n) is 4.66. The molecule has 3 nitrogen and oxygen atoms in total. The van der Waals surface area contributed by atoms with Gasteiger partial charge in [-0.25, -0.2) is 13.8 Å². The Kier molecular flexibility index (Phi) is 4.17. The first-order valence-corrected chi connectivity index (χ1v) is 6.32. The van der Waals surface area contributed by atoms with Crippen LogP contribution in [-0.4, -0.2) is 19.1 Å². The summed E-state index contributed by atoms with van der Waals surface area (Å²) in [7, 11) is 3.28. The van der Waals surface area contributed by atoms with Crippen LogP contribution in [0, 0.1) is 18.6 Å². The van der Waals surface area contributed by atoms with E-state index in [0.717, 1.165) is 17.2 Å². The molecule has 1 aromatic heterocycles. The zero-order chi connectivity index (χ0) is 14.7. The van der Waals surface area contributed by atoms with Crippen LogP contribution in [0.4, 0.5) is 20.4 Å². The first-order chi connectivity index (χ1) is 9.52. The van der Waals surface area contributed by atoms with Crippen LogP contribution in [-0.2, 0) is 6.54 Å². The summed E-state index contributed by atoms with van der Waals surface area (Å²) in [5, 5.41) is 2.61. The maximum atomic E-state index is 13.8. The Balaban J connectivity index is 2.30. The van der Waals surface area contributed by atoms with E-state index >= 15 is 0 Å². The molecule has 1 N–H and O–H groups in total. The molecular weight excluding hydrogens is 260 g/mol. The number of benzene rings is 1. The first-order valence-electron chi connectivity index (χ1n) is 6.32. The molecule has 2 aromatic rings. The quantitative estimate of drug-likeness (QED) is 0.929. The molecule has 0 unspecified atom stereocenters. The van der Waals surface area contributed by atoms with E-state index < -0.39 is 11.6 Å². The van der Waals surface area contributed by atoms with Crippen LogP contribution in [0.3, 0.4) is 0 Å². The van der Waals surface area contributed by atoms with E-state index in [1.54, 1.807) is 19.0 Å². The van der Waals surface area contributed by atoms with Crippen LogP contribution in [0.25, 0.3) is 0 Å². The Bertz CT molecular complexity index is 614. The van der Waals surface area contributed by atoms with Crippen molar-refractivity contribution in [2.45, 2.75) is 13.5 Å². The molecule has 0 spiro atoms. The zero-order valence-electron chi connectivity index (χ0n) is 11.7. The maximum absolute atomic E-state index is 13.8. The van der Waals surface area contributed by atoms with Crippen LogP contribution >= 0.6 is 0 Å². The maximum Gasteiger partial charge on any atom is 0.168 e. The number of nitrogens with zero attached hydrogens (tertiary/aromatic N) is 2. The van der Waals surface area contributed by atoms with E-state index in [2.05, 4.69) is 10.3 Å². The van der Waals surface area contributed by atoms with Gasteiger partial charge in [0.2, 0.25) is 0 Å². The van der Waals surface area contributed by atoms with Gasteiger partial charge in [-0.1, -0.05) is 24.3 Å². The fourth-order valence-electron chi connectivity index (χ4n) is 2.02. The van der Waals surface area contributed by atoms with Crippen molar-refractivity contribution in [3.8, 4) is 0 Å². The number of anilines is 2. The largest absolute Gasteiger partial charge is 0.371 e. The Morgan fingerprint density at radius 3 is 2.55 bits per heavy atom. The lowest BCUT2D eigenvalue weighted by Gasteiger charge is -2.20. The predicted octanol–water partition coefficient (Wildman–Crippen LogP) is 3.35. The summed E-state index contributed by atoms with van der Waals surface area (Å²) in [4.78, 5) is 5.65. The van der Waals surface area contributed by atoms with Crippen LogP contribution in [0.1, 0.15) is 11.1 Å². The van der Waals surface area contributed by atoms with E-state index in [4.69, 9.17) is 0 Å². The molecule has 20 heavy (non-hydrogen) atoms. The summed E-state index contributed by atoms with van der Waals surface area (Å²) < 4.78 is 27.3. The number of nitrogens with one attached hydrogen (secondary N) is 1. The van der Waals surface area contributed by atoms with Crippen molar-refractivity contribution < 1.29 is 8.78 Å². The molecule has 0 atom stereocenters. The molecule has 106 valence electrons.